The van der Waals surface area contributed by atoms with Gasteiger partial charge in [-0.25, -0.2) is 4.79 Å². The van der Waals surface area contributed by atoms with Crippen LogP contribution in [0, 0.1) is 0 Å². The van der Waals surface area contributed by atoms with Crippen LogP contribution in [0.1, 0.15) is 37.8 Å². The van der Waals surface area contributed by atoms with E-state index in [2.05, 4.69) is 0 Å². The van der Waals surface area contributed by atoms with Gasteiger partial charge in [0.1, 0.15) is 11.3 Å². The molecule has 0 saturated heterocycles. The summed E-state index contributed by atoms with van der Waals surface area (Å²) in [4.78, 5) is 12.1. The van der Waals surface area contributed by atoms with Crippen molar-refractivity contribution in [3.8, 4) is 5.75 Å². The van der Waals surface area contributed by atoms with Gasteiger partial charge < -0.3 is 14.9 Å². The maximum Gasteiger partial charge on any atom is 0.339 e. The second kappa shape index (κ2) is 4.85. The lowest BCUT2D eigenvalue weighted by Crippen LogP contribution is -2.16. The van der Waals surface area contributed by atoms with Crippen LogP contribution >= 0.6 is 0 Å². The van der Waals surface area contributed by atoms with Crippen LogP contribution in [0.2, 0.25) is 0 Å². The fraction of sp³-hybridized carbons (Fsp3) is 0.438. The SMILES string of the molecule is CC(C)Oc1cc2oc(=O)c3c(c2cc1N)CCCC3. The van der Waals surface area contributed by atoms with Crippen LogP contribution in [0.25, 0.3) is 11.0 Å². The molecule has 1 aliphatic rings. The lowest BCUT2D eigenvalue weighted by molar-refractivity contribution is 0.244. The molecule has 1 heterocycles. The standard InChI is InChI=1S/C16H19NO3/c1-9(2)19-15-8-14-12(7-13(15)17)10-5-3-4-6-11(10)16(18)20-14/h7-9H,3-6,17H2,1-2H3. The number of hydrogen-bond donors (Lipinski definition) is 1. The number of anilines is 1. The molecule has 4 nitrogen and oxygen atoms in total. The number of nitrogens with two attached hydrogens (primary N) is 1. The molecule has 4 heteroatoms. The monoisotopic (exact) mass is 273 g/mol. The molecule has 0 amide bonds. The Hall–Kier alpha value is -1.97. The first-order valence-corrected chi connectivity index (χ1v) is 7.11. The van der Waals surface area contributed by atoms with Crippen LogP contribution < -0.4 is 16.1 Å². The number of hydrogen-bond acceptors (Lipinski definition) is 4. The fourth-order valence-electron chi connectivity index (χ4n) is 2.84. The maximum atomic E-state index is 12.1. The zero-order valence-electron chi connectivity index (χ0n) is 11.9. The van der Waals surface area contributed by atoms with Gasteiger partial charge in [0.25, 0.3) is 0 Å². The summed E-state index contributed by atoms with van der Waals surface area (Å²) in [7, 11) is 0. The van der Waals surface area contributed by atoms with E-state index in [1.165, 1.54) is 0 Å². The van der Waals surface area contributed by atoms with Crippen molar-refractivity contribution >= 4 is 16.7 Å². The molecule has 0 radical (unpaired) electrons. The van der Waals surface area contributed by atoms with Crippen molar-refractivity contribution in [2.24, 2.45) is 0 Å². The summed E-state index contributed by atoms with van der Waals surface area (Å²) in [6.45, 7) is 3.87. The van der Waals surface area contributed by atoms with Gasteiger partial charge in [-0.1, -0.05) is 0 Å². The van der Waals surface area contributed by atoms with Gasteiger partial charge >= 0.3 is 5.63 Å². The van der Waals surface area contributed by atoms with Crippen LogP contribution in [0.5, 0.6) is 5.75 Å². The largest absolute Gasteiger partial charge is 0.489 e. The lowest BCUT2D eigenvalue weighted by Gasteiger charge is -2.18. The molecule has 0 saturated carbocycles. The highest BCUT2D eigenvalue weighted by molar-refractivity contribution is 5.87. The van der Waals surface area contributed by atoms with Gasteiger partial charge in [0, 0.05) is 17.0 Å². The molecule has 3 rings (SSSR count). The van der Waals surface area contributed by atoms with Crippen molar-refractivity contribution in [2.75, 3.05) is 5.73 Å². The van der Waals surface area contributed by atoms with E-state index >= 15 is 0 Å². The summed E-state index contributed by atoms with van der Waals surface area (Å²) in [6, 6.07) is 3.61. The predicted molar refractivity (Wildman–Crippen MR) is 79.3 cm³/mol. The molecule has 1 aliphatic carbocycles. The van der Waals surface area contributed by atoms with Crippen molar-refractivity contribution in [2.45, 2.75) is 45.6 Å². The van der Waals surface area contributed by atoms with Crippen molar-refractivity contribution in [3.05, 3.63) is 33.7 Å². The third-order valence-corrected chi connectivity index (χ3v) is 3.72. The number of aryl methyl sites for hydroxylation is 1. The Kier molecular flexibility index (Phi) is 3.16. The van der Waals surface area contributed by atoms with Gasteiger partial charge in [-0.05, 0) is 51.2 Å². The number of rotatable bonds is 2. The van der Waals surface area contributed by atoms with Crippen molar-refractivity contribution < 1.29 is 9.15 Å². The van der Waals surface area contributed by atoms with Crippen LogP contribution in [-0.2, 0) is 12.8 Å². The molecule has 2 N–H and O–H groups in total. The van der Waals surface area contributed by atoms with Crippen molar-refractivity contribution in [3.63, 3.8) is 0 Å². The third-order valence-electron chi connectivity index (χ3n) is 3.72. The van der Waals surface area contributed by atoms with Gasteiger partial charge in [-0.2, -0.15) is 0 Å². The minimum absolute atomic E-state index is 0.0269. The molecule has 0 unspecified atom stereocenters. The number of benzene rings is 1. The van der Waals surface area contributed by atoms with E-state index in [0.29, 0.717) is 17.0 Å². The van der Waals surface area contributed by atoms with E-state index in [1.807, 2.05) is 19.9 Å². The summed E-state index contributed by atoms with van der Waals surface area (Å²) in [5.41, 5.74) is 8.93. The molecule has 0 atom stereocenters. The number of ether oxygens (including phenoxy) is 1. The van der Waals surface area contributed by atoms with Gasteiger partial charge in [-0.3, -0.25) is 0 Å². The molecular weight excluding hydrogens is 254 g/mol. The Labute approximate surface area is 117 Å². The van der Waals surface area contributed by atoms with E-state index in [4.69, 9.17) is 14.9 Å². The Morgan fingerprint density at radius 3 is 2.60 bits per heavy atom. The Morgan fingerprint density at radius 1 is 1.20 bits per heavy atom. The van der Waals surface area contributed by atoms with E-state index in [0.717, 1.165) is 42.2 Å². The summed E-state index contributed by atoms with van der Waals surface area (Å²) in [6.07, 6.45) is 3.90. The van der Waals surface area contributed by atoms with E-state index in [9.17, 15) is 4.79 Å². The molecular formula is C16H19NO3. The highest BCUT2D eigenvalue weighted by Gasteiger charge is 2.19. The normalized spacial score (nSPS) is 14.6. The van der Waals surface area contributed by atoms with E-state index in [1.54, 1.807) is 6.07 Å². The van der Waals surface area contributed by atoms with Crippen LogP contribution in [0.15, 0.2) is 21.3 Å². The first kappa shape index (κ1) is 13.0. The van der Waals surface area contributed by atoms with Gasteiger partial charge in [-0.15, -0.1) is 0 Å². The zero-order valence-corrected chi connectivity index (χ0v) is 11.9. The molecule has 0 aliphatic heterocycles. The average molecular weight is 273 g/mol. The maximum absolute atomic E-state index is 12.1. The lowest BCUT2D eigenvalue weighted by atomic mass is 9.90. The average Bonchev–Trinajstić information content (AvgIpc) is 2.41. The van der Waals surface area contributed by atoms with Gasteiger partial charge in [0.2, 0.25) is 0 Å². The highest BCUT2D eigenvalue weighted by atomic mass is 16.5. The number of fused-ring (bicyclic) bond motifs is 3. The highest BCUT2D eigenvalue weighted by Crippen LogP contribution is 2.33. The molecule has 106 valence electrons. The van der Waals surface area contributed by atoms with Crippen molar-refractivity contribution in [1.29, 1.82) is 0 Å². The van der Waals surface area contributed by atoms with E-state index < -0.39 is 0 Å². The summed E-state index contributed by atoms with van der Waals surface area (Å²) >= 11 is 0. The minimum Gasteiger partial charge on any atom is -0.489 e. The molecule has 1 aromatic heterocycles. The fourth-order valence-corrected chi connectivity index (χ4v) is 2.84. The van der Waals surface area contributed by atoms with Gasteiger partial charge in [0.15, 0.2) is 0 Å². The molecule has 0 fully saturated rings. The Morgan fingerprint density at radius 2 is 1.90 bits per heavy atom. The summed E-state index contributed by atoms with van der Waals surface area (Å²) in [5, 5.41) is 0.952. The van der Waals surface area contributed by atoms with Gasteiger partial charge in [0.05, 0.1) is 11.8 Å². The second-order valence-corrected chi connectivity index (χ2v) is 5.61. The molecule has 2 aromatic rings. The topological polar surface area (TPSA) is 65.5 Å². The van der Waals surface area contributed by atoms with Crippen LogP contribution in [-0.4, -0.2) is 6.10 Å². The molecule has 20 heavy (non-hydrogen) atoms. The quantitative estimate of drug-likeness (QED) is 0.674. The second-order valence-electron chi connectivity index (χ2n) is 5.61. The van der Waals surface area contributed by atoms with Crippen LogP contribution in [0.4, 0.5) is 5.69 Å². The predicted octanol–water partition coefficient (Wildman–Crippen LogP) is 3.04. The Bertz CT molecular complexity index is 716. The Balaban J connectivity index is 2.24. The summed E-state index contributed by atoms with van der Waals surface area (Å²) < 4.78 is 11.1. The third kappa shape index (κ3) is 2.15. The summed E-state index contributed by atoms with van der Waals surface area (Å²) in [5.74, 6) is 0.575. The molecule has 1 aromatic carbocycles. The first-order valence-electron chi connectivity index (χ1n) is 7.11. The molecule has 0 spiro atoms. The molecule has 0 bridgehead atoms. The number of nitrogen functional groups attached to an aromatic ring is 1. The first-order chi connectivity index (χ1) is 9.56. The van der Waals surface area contributed by atoms with Crippen LogP contribution in [0.3, 0.4) is 0 Å². The zero-order chi connectivity index (χ0) is 14.3. The minimum atomic E-state index is -0.215. The van der Waals surface area contributed by atoms with E-state index in [-0.39, 0.29) is 11.7 Å². The van der Waals surface area contributed by atoms with Crippen molar-refractivity contribution in [1.82, 2.24) is 0 Å². The smallest absolute Gasteiger partial charge is 0.339 e.